The molecule has 0 heterocycles. The van der Waals surface area contributed by atoms with E-state index < -0.39 is 6.29 Å². The second kappa shape index (κ2) is 10.6. The van der Waals surface area contributed by atoms with E-state index in [9.17, 15) is 4.79 Å². The maximum Gasteiger partial charge on any atom is 0.309 e. The van der Waals surface area contributed by atoms with Crippen LogP contribution < -0.4 is 4.74 Å². The highest BCUT2D eigenvalue weighted by atomic mass is 79.9. The average molecular weight is 389 g/mol. The van der Waals surface area contributed by atoms with E-state index in [4.69, 9.17) is 18.9 Å². The number of carbonyl (C=O) groups excluding carboxylic acids is 1. The first kappa shape index (κ1) is 19.9. The van der Waals surface area contributed by atoms with Crippen LogP contribution in [0.25, 0.3) is 0 Å². The fraction of sp³-hybridized carbons (Fsp3) is 0.588. The third kappa shape index (κ3) is 6.89. The highest BCUT2D eigenvalue weighted by molar-refractivity contribution is 9.10. The molecule has 0 aromatic heterocycles. The van der Waals surface area contributed by atoms with Crippen molar-refractivity contribution < 1.29 is 23.7 Å². The van der Waals surface area contributed by atoms with Gasteiger partial charge in [0.25, 0.3) is 0 Å². The lowest BCUT2D eigenvalue weighted by Gasteiger charge is -2.22. The minimum absolute atomic E-state index is 0.270. The van der Waals surface area contributed by atoms with E-state index in [0.717, 1.165) is 15.8 Å². The van der Waals surface area contributed by atoms with Crippen LogP contribution in [0.2, 0.25) is 0 Å². The van der Waals surface area contributed by atoms with Crippen molar-refractivity contribution in [3.8, 4) is 5.75 Å². The Morgan fingerprint density at radius 1 is 1.13 bits per heavy atom. The van der Waals surface area contributed by atoms with Crippen molar-refractivity contribution in [1.82, 2.24) is 0 Å². The van der Waals surface area contributed by atoms with Crippen molar-refractivity contribution in [1.29, 1.82) is 0 Å². The summed E-state index contributed by atoms with van der Waals surface area (Å²) < 4.78 is 22.2. The summed E-state index contributed by atoms with van der Waals surface area (Å²) >= 11 is 3.45. The normalized spacial score (nSPS) is 12.3. The molecule has 130 valence electrons. The predicted octanol–water partition coefficient (Wildman–Crippen LogP) is 3.58. The Bertz CT molecular complexity index is 486. The lowest BCUT2D eigenvalue weighted by atomic mass is 9.95. The van der Waals surface area contributed by atoms with Crippen molar-refractivity contribution in [3.63, 3.8) is 0 Å². The zero-order valence-electron chi connectivity index (χ0n) is 14.1. The van der Waals surface area contributed by atoms with Gasteiger partial charge >= 0.3 is 5.97 Å². The molecule has 6 heteroatoms. The van der Waals surface area contributed by atoms with Crippen LogP contribution in [0.4, 0.5) is 0 Å². The molecule has 1 aromatic rings. The van der Waals surface area contributed by atoms with Crippen LogP contribution in [0.1, 0.15) is 25.8 Å². The minimum atomic E-state index is -0.414. The zero-order chi connectivity index (χ0) is 17.2. The summed E-state index contributed by atoms with van der Waals surface area (Å²) in [5, 5.41) is 0. The van der Waals surface area contributed by atoms with Gasteiger partial charge in [-0.1, -0.05) is 15.9 Å². The average Bonchev–Trinajstić information content (AvgIpc) is 2.53. The first-order valence-electron chi connectivity index (χ1n) is 7.68. The third-order valence-electron chi connectivity index (χ3n) is 3.37. The van der Waals surface area contributed by atoms with E-state index in [0.29, 0.717) is 26.1 Å². The van der Waals surface area contributed by atoms with Gasteiger partial charge in [-0.15, -0.1) is 0 Å². The van der Waals surface area contributed by atoms with Crippen LogP contribution in [0.15, 0.2) is 22.7 Å². The number of hydrogen-bond acceptors (Lipinski definition) is 5. The van der Waals surface area contributed by atoms with Gasteiger partial charge in [0, 0.05) is 24.1 Å². The Morgan fingerprint density at radius 3 is 2.30 bits per heavy atom. The van der Waals surface area contributed by atoms with E-state index in [2.05, 4.69) is 15.9 Å². The molecule has 1 unspecified atom stereocenters. The Balaban J connectivity index is 2.89. The molecule has 0 bridgehead atoms. The second-order valence-electron chi connectivity index (χ2n) is 5.00. The number of hydrogen-bond donors (Lipinski definition) is 0. The van der Waals surface area contributed by atoms with Gasteiger partial charge in [0.15, 0.2) is 6.29 Å². The summed E-state index contributed by atoms with van der Waals surface area (Å²) in [5.41, 5.74) is 0.985. The lowest BCUT2D eigenvalue weighted by Crippen LogP contribution is -2.28. The van der Waals surface area contributed by atoms with Crippen LogP contribution >= 0.6 is 15.9 Å². The molecule has 1 atom stereocenters. The van der Waals surface area contributed by atoms with Crippen LogP contribution in [-0.4, -0.2) is 39.7 Å². The lowest BCUT2D eigenvalue weighted by molar-refractivity contribution is -0.163. The van der Waals surface area contributed by atoms with Crippen molar-refractivity contribution in [2.45, 2.75) is 33.0 Å². The molecular formula is C17H25BrO5. The van der Waals surface area contributed by atoms with Gasteiger partial charge in [-0.2, -0.15) is 0 Å². The molecule has 0 aliphatic heterocycles. The topological polar surface area (TPSA) is 54.0 Å². The molecule has 23 heavy (non-hydrogen) atoms. The summed E-state index contributed by atoms with van der Waals surface area (Å²) in [6.07, 6.45) is 0.561. The van der Waals surface area contributed by atoms with Crippen LogP contribution in [0, 0.1) is 5.92 Å². The van der Waals surface area contributed by atoms with Gasteiger partial charge in [0.1, 0.15) is 5.75 Å². The fourth-order valence-electron chi connectivity index (χ4n) is 2.36. The standard InChI is InChI=1S/C17H25BrO5/c1-5-22-16(23-6-2)10-13(17(19)21-4)7-12-8-14(18)11-15(9-12)20-3/h8-9,11,13,16H,5-7,10H2,1-4H3. The van der Waals surface area contributed by atoms with Gasteiger partial charge in [0.05, 0.1) is 20.1 Å². The summed E-state index contributed by atoms with van der Waals surface area (Å²) in [4.78, 5) is 12.1. The summed E-state index contributed by atoms with van der Waals surface area (Å²) in [5.74, 6) is 0.125. The molecule has 0 fully saturated rings. The Morgan fingerprint density at radius 2 is 1.78 bits per heavy atom. The van der Waals surface area contributed by atoms with E-state index in [1.807, 2.05) is 32.0 Å². The maximum atomic E-state index is 12.1. The Kier molecular flexibility index (Phi) is 9.21. The number of esters is 1. The van der Waals surface area contributed by atoms with Crippen LogP contribution in [0.3, 0.4) is 0 Å². The molecule has 5 nitrogen and oxygen atoms in total. The largest absolute Gasteiger partial charge is 0.497 e. The molecular weight excluding hydrogens is 364 g/mol. The number of ether oxygens (including phenoxy) is 4. The van der Waals surface area contributed by atoms with Gasteiger partial charge in [-0.3, -0.25) is 4.79 Å². The molecule has 0 saturated heterocycles. The maximum absolute atomic E-state index is 12.1. The summed E-state index contributed by atoms with van der Waals surface area (Å²) in [7, 11) is 3.01. The predicted molar refractivity (Wildman–Crippen MR) is 91.6 cm³/mol. The van der Waals surface area contributed by atoms with Crippen molar-refractivity contribution in [3.05, 3.63) is 28.2 Å². The van der Waals surface area contributed by atoms with Gasteiger partial charge in [0.2, 0.25) is 0 Å². The molecule has 0 amide bonds. The van der Waals surface area contributed by atoms with E-state index in [1.165, 1.54) is 7.11 Å². The molecule has 0 saturated carbocycles. The number of rotatable bonds is 10. The number of carbonyl (C=O) groups is 1. The van der Waals surface area contributed by atoms with E-state index in [1.54, 1.807) is 7.11 Å². The monoisotopic (exact) mass is 388 g/mol. The quantitative estimate of drug-likeness (QED) is 0.452. The summed E-state index contributed by atoms with van der Waals surface area (Å²) in [6, 6.07) is 5.76. The molecule has 0 aliphatic rings. The fourth-order valence-corrected chi connectivity index (χ4v) is 2.88. The van der Waals surface area contributed by atoms with Crippen molar-refractivity contribution in [2.75, 3.05) is 27.4 Å². The first-order valence-corrected chi connectivity index (χ1v) is 8.47. The van der Waals surface area contributed by atoms with Crippen LogP contribution in [-0.2, 0) is 25.4 Å². The number of benzene rings is 1. The Hall–Kier alpha value is -1.11. The summed E-state index contributed by atoms with van der Waals surface area (Å²) in [6.45, 7) is 4.86. The minimum Gasteiger partial charge on any atom is -0.497 e. The molecule has 1 aromatic carbocycles. The number of methoxy groups -OCH3 is 2. The van der Waals surface area contributed by atoms with Gasteiger partial charge in [-0.05, 0) is 44.0 Å². The zero-order valence-corrected chi connectivity index (χ0v) is 15.7. The van der Waals surface area contributed by atoms with E-state index in [-0.39, 0.29) is 11.9 Å². The highest BCUT2D eigenvalue weighted by Gasteiger charge is 2.25. The van der Waals surface area contributed by atoms with Crippen molar-refractivity contribution >= 4 is 21.9 Å². The van der Waals surface area contributed by atoms with Gasteiger partial charge in [-0.25, -0.2) is 0 Å². The second-order valence-corrected chi connectivity index (χ2v) is 5.92. The number of halogens is 1. The SMILES string of the molecule is CCOC(CC(Cc1cc(Br)cc(OC)c1)C(=O)OC)OCC. The van der Waals surface area contributed by atoms with E-state index >= 15 is 0 Å². The van der Waals surface area contributed by atoms with Crippen LogP contribution in [0.5, 0.6) is 5.75 Å². The third-order valence-corrected chi connectivity index (χ3v) is 3.82. The van der Waals surface area contributed by atoms with Gasteiger partial charge < -0.3 is 18.9 Å². The highest BCUT2D eigenvalue weighted by Crippen LogP contribution is 2.25. The molecule has 1 rings (SSSR count). The smallest absolute Gasteiger partial charge is 0.309 e. The first-order chi connectivity index (χ1) is 11.0. The Labute approximate surface area is 146 Å². The molecule has 0 radical (unpaired) electrons. The molecule has 0 aliphatic carbocycles. The molecule has 0 N–H and O–H groups in total. The van der Waals surface area contributed by atoms with Crippen molar-refractivity contribution in [2.24, 2.45) is 5.92 Å². The molecule has 0 spiro atoms.